The SMILES string of the molecule is CN=C(NCC1(C)COC1)N1CCC(c2ccccc2)C(C)C1.I. The Labute approximate surface area is 163 Å². The van der Waals surface area contributed by atoms with Gasteiger partial charge in [-0.3, -0.25) is 4.99 Å². The highest BCUT2D eigenvalue weighted by Crippen LogP contribution is 2.32. The Morgan fingerprint density at radius 1 is 1.33 bits per heavy atom. The third-order valence-electron chi connectivity index (χ3n) is 5.22. The molecular formula is C19H30IN3O. The summed E-state index contributed by atoms with van der Waals surface area (Å²) in [6.45, 7) is 9.39. The molecule has 1 N–H and O–H groups in total. The minimum absolute atomic E-state index is 0. The van der Waals surface area contributed by atoms with Gasteiger partial charge in [0.2, 0.25) is 0 Å². The molecule has 0 aliphatic carbocycles. The van der Waals surface area contributed by atoms with Gasteiger partial charge in [-0.05, 0) is 23.8 Å². The Hall–Kier alpha value is -0.820. The van der Waals surface area contributed by atoms with Crippen molar-refractivity contribution in [3.63, 3.8) is 0 Å². The maximum atomic E-state index is 5.34. The van der Waals surface area contributed by atoms with Crippen LogP contribution in [0.4, 0.5) is 0 Å². The molecular weight excluding hydrogens is 413 g/mol. The van der Waals surface area contributed by atoms with Crippen LogP contribution in [0.3, 0.4) is 0 Å². The molecule has 0 bridgehead atoms. The first-order valence-corrected chi connectivity index (χ1v) is 8.69. The van der Waals surface area contributed by atoms with Gasteiger partial charge in [0.25, 0.3) is 0 Å². The average molecular weight is 443 g/mol. The second-order valence-corrected chi connectivity index (χ2v) is 7.43. The molecule has 5 heteroatoms. The summed E-state index contributed by atoms with van der Waals surface area (Å²) in [5.41, 5.74) is 1.74. The maximum Gasteiger partial charge on any atom is 0.193 e. The van der Waals surface area contributed by atoms with E-state index in [0.717, 1.165) is 38.8 Å². The number of likely N-dealkylation sites (tertiary alicyclic amines) is 1. The number of guanidine groups is 1. The first kappa shape index (κ1) is 19.5. The average Bonchev–Trinajstić information content (AvgIpc) is 2.54. The van der Waals surface area contributed by atoms with Gasteiger partial charge in [-0.15, -0.1) is 24.0 Å². The van der Waals surface area contributed by atoms with Crippen molar-refractivity contribution >= 4 is 29.9 Å². The largest absolute Gasteiger partial charge is 0.380 e. The van der Waals surface area contributed by atoms with Crippen molar-refractivity contribution in [1.82, 2.24) is 10.2 Å². The second-order valence-electron chi connectivity index (χ2n) is 7.43. The first-order chi connectivity index (χ1) is 11.1. The lowest BCUT2D eigenvalue weighted by Gasteiger charge is -2.42. The zero-order valence-electron chi connectivity index (χ0n) is 15.0. The van der Waals surface area contributed by atoms with Crippen molar-refractivity contribution in [3.05, 3.63) is 35.9 Å². The van der Waals surface area contributed by atoms with E-state index >= 15 is 0 Å². The molecule has 2 fully saturated rings. The maximum absolute atomic E-state index is 5.34. The van der Waals surface area contributed by atoms with Gasteiger partial charge in [-0.1, -0.05) is 44.2 Å². The molecule has 1 aromatic carbocycles. The monoisotopic (exact) mass is 443 g/mol. The smallest absolute Gasteiger partial charge is 0.193 e. The Morgan fingerprint density at radius 3 is 2.58 bits per heavy atom. The number of halogens is 1. The standard InChI is InChI=1S/C19H29N3O.HI/c1-15-11-22(10-9-17(15)16-7-5-4-6-8-16)18(20-3)21-12-19(2)13-23-14-19;/h4-8,15,17H,9-14H2,1-3H3,(H,20,21);1H. The van der Waals surface area contributed by atoms with Crippen molar-refractivity contribution in [2.45, 2.75) is 26.2 Å². The van der Waals surface area contributed by atoms with Gasteiger partial charge >= 0.3 is 0 Å². The fraction of sp³-hybridized carbons (Fsp3) is 0.632. The molecule has 0 saturated carbocycles. The highest BCUT2D eigenvalue weighted by molar-refractivity contribution is 14.0. The lowest BCUT2D eigenvalue weighted by Crippen LogP contribution is -2.53. The Bertz CT molecular complexity index is 545. The quantitative estimate of drug-likeness (QED) is 0.443. The topological polar surface area (TPSA) is 36.9 Å². The summed E-state index contributed by atoms with van der Waals surface area (Å²) in [4.78, 5) is 6.91. The Kier molecular flexibility index (Phi) is 6.92. The van der Waals surface area contributed by atoms with Crippen LogP contribution < -0.4 is 5.32 Å². The molecule has 2 aliphatic heterocycles. The summed E-state index contributed by atoms with van der Waals surface area (Å²) in [6, 6.07) is 10.9. The van der Waals surface area contributed by atoms with E-state index in [9.17, 15) is 0 Å². The number of benzene rings is 1. The zero-order valence-corrected chi connectivity index (χ0v) is 17.3. The van der Waals surface area contributed by atoms with Gasteiger partial charge in [-0.2, -0.15) is 0 Å². The predicted molar refractivity (Wildman–Crippen MR) is 110 cm³/mol. The van der Waals surface area contributed by atoms with E-state index < -0.39 is 0 Å². The molecule has 2 saturated heterocycles. The second kappa shape index (κ2) is 8.52. The van der Waals surface area contributed by atoms with Crippen LogP contribution in [0.15, 0.2) is 35.3 Å². The van der Waals surface area contributed by atoms with Gasteiger partial charge < -0.3 is 15.0 Å². The van der Waals surface area contributed by atoms with Gasteiger partial charge in [0.15, 0.2) is 5.96 Å². The predicted octanol–water partition coefficient (Wildman–Crippen LogP) is 3.34. The van der Waals surface area contributed by atoms with Gasteiger partial charge in [0.05, 0.1) is 13.2 Å². The molecule has 2 aliphatic rings. The molecule has 2 unspecified atom stereocenters. The van der Waals surface area contributed by atoms with Gasteiger partial charge in [-0.25, -0.2) is 0 Å². The van der Waals surface area contributed by atoms with E-state index in [0.29, 0.717) is 11.8 Å². The fourth-order valence-corrected chi connectivity index (χ4v) is 3.71. The van der Waals surface area contributed by atoms with Crippen LogP contribution in [0, 0.1) is 11.3 Å². The normalized spacial score (nSPS) is 26.3. The fourth-order valence-electron chi connectivity index (χ4n) is 3.71. The van der Waals surface area contributed by atoms with Crippen molar-refractivity contribution in [2.24, 2.45) is 16.3 Å². The van der Waals surface area contributed by atoms with Crippen LogP contribution in [-0.2, 0) is 4.74 Å². The highest BCUT2D eigenvalue weighted by Gasteiger charge is 2.34. The molecule has 2 atom stereocenters. The molecule has 0 aromatic heterocycles. The van der Waals surface area contributed by atoms with Crippen LogP contribution in [0.2, 0.25) is 0 Å². The number of piperidine rings is 1. The number of nitrogens with zero attached hydrogens (tertiary/aromatic N) is 2. The molecule has 1 aromatic rings. The van der Waals surface area contributed by atoms with E-state index in [-0.39, 0.29) is 29.4 Å². The Balaban J connectivity index is 0.00000208. The molecule has 0 radical (unpaired) electrons. The summed E-state index contributed by atoms with van der Waals surface area (Å²) in [6.07, 6.45) is 1.19. The van der Waals surface area contributed by atoms with E-state index in [1.165, 1.54) is 12.0 Å². The van der Waals surface area contributed by atoms with Crippen LogP contribution in [-0.4, -0.2) is 50.8 Å². The number of nitrogens with one attached hydrogen (secondary N) is 1. The molecule has 3 rings (SSSR count). The Morgan fingerprint density at radius 2 is 2.04 bits per heavy atom. The van der Waals surface area contributed by atoms with Crippen molar-refractivity contribution in [3.8, 4) is 0 Å². The van der Waals surface area contributed by atoms with Crippen molar-refractivity contribution in [2.75, 3.05) is 39.9 Å². The van der Waals surface area contributed by atoms with E-state index in [2.05, 4.69) is 59.4 Å². The number of hydrogen-bond acceptors (Lipinski definition) is 2. The minimum Gasteiger partial charge on any atom is -0.380 e. The summed E-state index contributed by atoms with van der Waals surface area (Å²) >= 11 is 0. The minimum atomic E-state index is 0. The summed E-state index contributed by atoms with van der Waals surface area (Å²) in [5.74, 6) is 2.33. The van der Waals surface area contributed by atoms with Crippen LogP contribution >= 0.6 is 24.0 Å². The molecule has 134 valence electrons. The summed E-state index contributed by atoms with van der Waals surface area (Å²) < 4.78 is 5.34. The first-order valence-electron chi connectivity index (χ1n) is 8.69. The number of ether oxygens (including phenoxy) is 1. The van der Waals surface area contributed by atoms with Gasteiger partial charge in [0, 0.05) is 32.1 Å². The third kappa shape index (κ3) is 4.42. The molecule has 24 heavy (non-hydrogen) atoms. The van der Waals surface area contributed by atoms with E-state index in [1.807, 2.05) is 7.05 Å². The zero-order chi connectivity index (χ0) is 16.3. The molecule has 0 amide bonds. The van der Waals surface area contributed by atoms with Crippen LogP contribution in [0.1, 0.15) is 31.7 Å². The lowest BCUT2D eigenvalue weighted by atomic mass is 9.81. The van der Waals surface area contributed by atoms with Crippen LogP contribution in [0.5, 0.6) is 0 Å². The number of aliphatic imine (C=N–C) groups is 1. The number of hydrogen-bond donors (Lipinski definition) is 1. The number of rotatable bonds is 3. The molecule has 4 nitrogen and oxygen atoms in total. The van der Waals surface area contributed by atoms with Gasteiger partial charge in [0.1, 0.15) is 0 Å². The highest BCUT2D eigenvalue weighted by atomic mass is 127. The summed E-state index contributed by atoms with van der Waals surface area (Å²) in [5, 5.41) is 3.55. The van der Waals surface area contributed by atoms with Crippen molar-refractivity contribution in [1.29, 1.82) is 0 Å². The summed E-state index contributed by atoms with van der Waals surface area (Å²) in [7, 11) is 1.88. The molecule has 0 spiro atoms. The molecule has 2 heterocycles. The van der Waals surface area contributed by atoms with Crippen molar-refractivity contribution < 1.29 is 4.74 Å². The third-order valence-corrected chi connectivity index (χ3v) is 5.22. The van der Waals surface area contributed by atoms with E-state index in [4.69, 9.17) is 4.74 Å². The van der Waals surface area contributed by atoms with E-state index in [1.54, 1.807) is 0 Å². The lowest BCUT2D eigenvalue weighted by molar-refractivity contribution is -0.0973. The van der Waals surface area contributed by atoms with Crippen LogP contribution in [0.25, 0.3) is 0 Å².